The van der Waals surface area contributed by atoms with Crippen LogP contribution in [0, 0.1) is 5.92 Å². The first-order chi connectivity index (χ1) is 10.1. The van der Waals surface area contributed by atoms with E-state index in [-0.39, 0.29) is 5.91 Å². The van der Waals surface area contributed by atoms with Crippen molar-refractivity contribution in [2.24, 2.45) is 5.92 Å². The molecular formula is C17H27N3O. The standard InChI is InChI=1S/C17H27N3O/c1-13(18-3)16-4-6-17(7-5-16)20-10-8-15(9-11-20)12-19-14(2)21/h4-7,13,15,18H,8-12H2,1-3H3,(H,19,21). The van der Waals surface area contributed by atoms with Gasteiger partial charge in [0.15, 0.2) is 0 Å². The number of carbonyl (C=O) groups is 1. The van der Waals surface area contributed by atoms with E-state index < -0.39 is 0 Å². The second-order valence-electron chi connectivity index (χ2n) is 5.97. The fourth-order valence-corrected chi connectivity index (χ4v) is 2.82. The number of nitrogens with zero attached hydrogens (tertiary/aromatic N) is 1. The normalized spacial score (nSPS) is 17.6. The smallest absolute Gasteiger partial charge is 0.216 e. The molecule has 0 bridgehead atoms. The monoisotopic (exact) mass is 289 g/mol. The summed E-state index contributed by atoms with van der Waals surface area (Å²) >= 11 is 0. The van der Waals surface area contributed by atoms with E-state index in [0.29, 0.717) is 12.0 Å². The van der Waals surface area contributed by atoms with Crippen molar-refractivity contribution in [2.75, 3.05) is 31.6 Å². The lowest BCUT2D eigenvalue weighted by molar-refractivity contribution is -0.119. The predicted octanol–water partition coefficient (Wildman–Crippen LogP) is 2.32. The summed E-state index contributed by atoms with van der Waals surface area (Å²) in [7, 11) is 1.98. The Hall–Kier alpha value is -1.55. The van der Waals surface area contributed by atoms with E-state index in [1.165, 1.54) is 11.3 Å². The molecule has 1 aliphatic rings. The van der Waals surface area contributed by atoms with E-state index in [1.54, 1.807) is 6.92 Å². The molecule has 1 aromatic rings. The molecule has 4 nitrogen and oxygen atoms in total. The number of hydrogen-bond donors (Lipinski definition) is 2. The first kappa shape index (κ1) is 15.8. The number of anilines is 1. The molecule has 1 amide bonds. The van der Waals surface area contributed by atoms with E-state index in [0.717, 1.165) is 32.5 Å². The quantitative estimate of drug-likeness (QED) is 0.874. The van der Waals surface area contributed by atoms with Crippen LogP contribution in [-0.4, -0.2) is 32.6 Å². The fraction of sp³-hybridized carbons (Fsp3) is 0.588. The van der Waals surface area contributed by atoms with Crippen LogP contribution in [0.25, 0.3) is 0 Å². The van der Waals surface area contributed by atoms with Gasteiger partial charge in [0.25, 0.3) is 0 Å². The van der Waals surface area contributed by atoms with Crippen molar-refractivity contribution in [2.45, 2.75) is 32.7 Å². The maximum Gasteiger partial charge on any atom is 0.216 e. The summed E-state index contributed by atoms with van der Waals surface area (Å²) in [6.45, 7) is 6.73. The van der Waals surface area contributed by atoms with Gasteiger partial charge in [0, 0.05) is 38.3 Å². The van der Waals surface area contributed by atoms with Crippen molar-refractivity contribution in [3.63, 3.8) is 0 Å². The molecule has 21 heavy (non-hydrogen) atoms. The maximum absolute atomic E-state index is 11.0. The summed E-state index contributed by atoms with van der Waals surface area (Å²) in [5.74, 6) is 0.695. The molecule has 1 heterocycles. The van der Waals surface area contributed by atoms with Crippen LogP contribution in [-0.2, 0) is 4.79 Å². The van der Waals surface area contributed by atoms with Crippen LogP contribution in [0.4, 0.5) is 5.69 Å². The van der Waals surface area contributed by atoms with Crippen molar-refractivity contribution in [3.8, 4) is 0 Å². The average molecular weight is 289 g/mol. The first-order valence-electron chi connectivity index (χ1n) is 7.86. The summed E-state index contributed by atoms with van der Waals surface area (Å²) in [6.07, 6.45) is 2.30. The van der Waals surface area contributed by atoms with Gasteiger partial charge in [-0.3, -0.25) is 4.79 Å². The number of amides is 1. The zero-order valence-electron chi connectivity index (χ0n) is 13.4. The molecule has 2 N–H and O–H groups in total. The van der Waals surface area contributed by atoms with Gasteiger partial charge in [-0.15, -0.1) is 0 Å². The van der Waals surface area contributed by atoms with Crippen molar-refractivity contribution >= 4 is 11.6 Å². The van der Waals surface area contributed by atoms with E-state index in [4.69, 9.17) is 0 Å². The third-order valence-corrected chi connectivity index (χ3v) is 4.45. The molecule has 1 atom stereocenters. The number of carbonyl (C=O) groups excluding carboxylic acids is 1. The highest BCUT2D eigenvalue weighted by atomic mass is 16.1. The molecular weight excluding hydrogens is 262 g/mol. The average Bonchev–Trinajstić information content (AvgIpc) is 2.53. The van der Waals surface area contributed by atoms with E-state index in [9.17, 15) is 4.79 Å². The van der Waals surface area contributed by atoms with E-state index in [1.807, 2.05) is 7.05 Å². The van der Waals surface area contributed by atoms with Gasteiger partial charge in [0.05, 0.1) is 0 Å². The van der Waals surface area contributed by atoms with Gasteiger partial charge in [0.1, 0.15) is 0 Å². The molecule has 2 rings (SSSR count). The Morgan fingerprint density at radius 3 is 2.43 bits per heavy atom. The molecule has 0 radical (unpaired) electrons. The van der Waals surface area contributed by atoms with Crippen molar-refractivity contribution in [1.82, 2.24) is 10.6 Å². The van der Waals surface area contributed by atoms with Crippen LogP contribution in [0.2, 0.25) is 0 Å². The Morgan fingerprint density at radius 1 is 1.29 bits per heavy atom. The molecule has 1 saturated heterocycles. The summed E-state index contributed by atoms with van der Waals surface area (Å²) in [5, 5.41) is 6.19. The highest BCUT2D eigenvalue weighted by Gasteiger charge is 2.19. The van der Waals surface area contributed by atoms with Gasteiger partial charge in [-0.05, 0) is 50.4 Å². The Balaban J connectivity index is 1.86. The fourth-order valence-electron chi connectivity index (χ4n) is 2.82. The lowest BCUT2D eigenvalue weighted by Gasteiger charge is -2.33. The highest BCUT2D eigenvalue weighted by Crippen LogP contribution is 2.24. The minimum atomic E-state index is 0.0756. The lowest BCUT2D eigenvalue weighted by Crippen LogP contribution is -2.38. The summed E-state index contributed by atoms with van der Waals surface area (Å²) < 4.78 is 0. The number of nitrogens with one attached hydrogen (secondary N) is 2. The maximum atomic E-state index is 11.0. The van der Waals surface area contributed by atoms with Crippen LogP contribution in [0.15, 0.2) is 24.3 Å². The minimum absolute atomic E-state index is 0.0756. The zero-order valence-corrected chi connectivity index (χ0v) is 13.4. The SMILES string of the molecule is CNC(C)c1ccc(N2CCC(CNC(C)=O)CC2)cc1. The minimum Gasteiger partial charge on any atom is -0.372 e. The molecule has 0 aliphatic carbocycles. The Morgan fingerprint density at radius 2 is 1.90 bits per heavy atom. The highest BCUT2D eigenvalue weighted by molar-refractivity contribution is 5.72. The topological polar surface area (TPSA) is 44.4 Å². The van der Waals surface area contributed by atoms with Crippen LogP contribution in [0.3, 0.4) is 0 Å². The summed E-state index contributed by atoms with van der Waals surface area (Å²) in [5.41, 5.74) is 2.63. The number of hydrogen-bond acceptors (Lipinski definition) is 3. The molecule has 116 valence electrons. The third-order valence-electron chi connectivity index (χ3n) is 4.45. The molecule has 1 aliphatic heterocycles. The van der Waals surface area contributed by atoms with Gasteiger partial charge in [-0.2, -0.15) is 0 Å². The van der Waals surface area contributed by atoms with Gasteiger partial charge in [0.2, 0.25) is 5.91 Å². The molecule has 1 aromatic carbocycles. The lowest BCUT2D eigenvalue weighted by atomic mass is 9.96. The van der Waals surface area contributed by atoms with Crippen molar-refractivity contribution in [1.29, 1.82) is 0 Å². The third kappa shape index (κ3) is 4.46. The van der Waals surface area contributed by atoms with Crippen LogP contribution >= 0.6 is 0 Å². The predicted molar refractivity (Wildman–Crippen MR) is 87.5 cm³/mol. The molecule has 4 heteroatoms. The molecule has 0 saturated carbocycles. The van der Waals surface area contributed by atoms with Gasteiger partial charge < -0.3 is 15.5 Å². The Kier molecular flexibility index (Phi) is 5.62. The summed E-state index contributed by atoms with van der Waals surface area (Å²) in [6, 6.07) is 9.25. The number of rotatable bonds is 5. The van der Waals surface area contributed by atoms with Crippen LogP contribution < -0.4 is 15.5 Å². The van der Waals surface area contributed by atoms with E-state index >= 15 is 0 Å². The second-order valence-corrected chi connectivity index (χ2v) is 5.97. The zero-order chi connectivity index (χ0) is 15.2. The van der Waals surface area contributed by atoms with Crippen molar-refractivity contribution < 1.29 is 4.79 Å². The largest absolute Gasteiger partial charge is 0.372 e. The first-order valence-corrected chi connectivity index (χ1v) is 7.86. The van der Waals surface area contributed by atoms with E-state index in [2.05, 4.69) is 46.7 Å². The van der Waals surface area contributed by atoms with Gasteiger partial charge >= 0.3 is 0 Å². The Labute approximate surface area is 127 Å². The van der Waals surface area contributed by atoms with Crippen LogP contribution in [0.5, 0.6) is 0 Å². The molecule has 1 unspecified atom stereocenters. The van der Waals surface area contributed by atoms with Gasteiger partial charge in [-0.1, -0.05) is 12.1 Å². The Bertz CT molecular complexity index is 450. The summed E-state index contributed by atoms with van der Waals surface area (Å²) in [4.78, 5) is 13.4. The molecule has 1 fully saturated rings. The number of benzene rings is 1. The molecule has 0 spiro atoms. The number of piperidine rings is 1. The molecule has 0 aromatic heterocycles. The van der Waals surface area contributed by atoms with Gasteiger partial charge in [-0.25, -0.2) is 0 Å². The second kappa shape index (κ2) is 7.46. The van der Waals surface area contributed by atoms with Crippen LogP contribution in [0.1, 0.15) is 38.3 Å². The van der Waals surface area contributed by atoms with Crippen molar-refractivity contribution in [3.05, 3.63) is 29.8 Å².